The first-order valence-corrected chi connectivity index (χ1v) is 9.34. The molecule has 140 valence electrons. The number of carbonyl (C=O) groups excluding carboxylic acids is 1. The van der Waals surface area contributed by atoms with Crippen molar-refractivity contribution in [3.8, 4) is 0 Å². The molecule has 1 fully saturated rings. The average molecular weight is 364 g/mol. The molecule has 7 nitrogen and oxygen atoms in total. The van der Waals surface area contributed by atoms with E-state index in [1.807, 2.05) is 36.1 Å². The first kappa shape index (κ1) is 17.5. The third-order valence-electron chi connectivity index (χ3n) is 4.93. The summed E-state index contributed by atoms with van der Waals surface area (Å²) in [7, 11) is 0. The molecule has 1 aromatic carbocycles. The average Bonchev–Trinajstić information content (AvgIpc) is 3.15. The van der Waals surface area contributed by atoms with Crippen LogP contribution in [-0.4, -0.2) is 56.9 Å². The number of amides is 1. The quantitative estimate of drug-likeness (QED) is 0.773. The number of anilines is 1. The number of nitrogens with zero attached hydrogens (tertiary/aromatic N) is 5. The third-order valence-corrected chi connectivity index (χ3v) is 4.93. The van der Waals surface area contributed by atoms with Crippen molar-refractivity contribution in [1.29, 1.82) is 0 Å². The minimum Gasteiger partial charge on any atom is -0.353 e. The van der Waals surface area contributed by atoms with Gasteiger partial charge in [0.15, 0.2) is 0 Å². The third kappa shape index (κ3) is 3.49. The summed E-state index contributed by atoms with van der Waals surface area (Å²) in [5.74, 6) is 2.19. The summed E-state index contributed by atoms with van der Waals surface area (Å²) in [6, 6.07) is 7.63. The Labute approximate surface area is 158 Å². The molecule has 0 saturated carbocycles. The summed E-state index contributed by atoms with van der Waals surface area (Å²) >= 11 is 0. The van der Waals surface area contributed by atoms with Gasteiger partial charge in [-0.3, -0.25) is 4.79 Å². The number of H-pyrrole nitrogens is 1. The maximum Gasteiger partial charge on any atom is 0.254 e. The predicted molar refractivity (Wildman–Crippen MR) is 105 cm³/mol. The van der Waals surface area contributed by atoms with Crippen molar-refractivity contribution < 1.29 is 4.79 Å². The smallest absolute Gasteiger partial charge is 0.254 e. The SMILES string of the molecule is Cc1cc(N2CCN(C(=O)c3ccc4nc[nH]c4c3)CC2)nc(C(C)C)n1. The number of aryl methyl sites for hydroxylation is 1. The summed E-state index contributed by atoms with van der Waals surface area (Å²) in [4.78, 5) is 33.5. The van der Waals surface area contributed by atoms with Gasteiger partial charge in [-0.25, -0.2) is 15.0 Å². The summed E-state index contributed by atoms with van der Waals surface area (Å²) in [6.07, 6.45) is 1.65. The number of piperazine rings is 1. The summed E-state index contributed by atoms with van der Waals surface area (Å²) in [6.45, 7) is 9.11. The van der Waals surface area contributed by atoms with E-state index in [-0.39, 0.29) is 5.91 Å². The van der Waals surface area contributed by atoms with Gasteiger partial charge in [0.25, 0.3) is 5.91 Å². The molecule has 1 amide bonds. The minimum atomic E-state index is 0.0629. The van der Waals surface area contributed by atoms with Crippen LogP contribution in [0.3, 0.4) is 0 Å². The number of aromatic amines is 1. The molecule has 3 aromatic rings. The van der Waals surface area contributed by atoms with Crippen molar-refractivity contribution in [3.63, 3.8) is 0 Å². The van der Waals surface area contributed by atoms with E-state index in [4.69, 9.17) is 4.98 Å². The van der Waals surface area contributed by atoms with Crippen molar-refractivity contribution in [1.82, 2.24) is 24.8 Å². The molecule has 3 heterocycles. The van der Waals surface area contributed by atoms with Gasteiger partial charge in [-0.05, 0) is 25.1 Å². The lowest BCUT2D eigenvalue weighted by Gasteiger charge is -2.35. The maximum atomic E-state index is 12.9. The van der Waals surface area contributed by atoms with Crippen LogP contribution in [0.15, 0.2) is 30.6 Å². The Morgan fingerprint density at radius 1 is 1.11 bits per heavy atom. The molecule has 1 aliphatic heterocycles. The van der Waals surface area contributed by atoms with Crippen LogP contribution in [0.1, 0.15) is 41.6 Å². The molecule has 0 bridgehead atoms. The number of rotatable bonds is 3. The molecule has 1 aliphatic rings. The van der Waals surface area contributed by atoms with E-state index in [9.17, 15) is 4.79 Å². The fourth-order valence-corrected chi connectivity index (χ4v) is 3.38. The van der Waals surface area contributed by atoms with Crippen molar-refractivity contribution in [2.75, 3.05) is 31.1 Å². The van der Waals surface area contributed by atoms with Crippen LogP contribution in [-0.2, 0) is 0 Å². The highest BCUT2D eigenvalue weighted by molar-refractivity contribution is 5.97. The molecule has 0 atom stereocenters. The van der Waals surface area contributed by atoms with Crippen molar-refractivity contribution in [2.45, 2.75) is 26.7 Å². The van der Waals surface area contributed by atoms with E-state index < -0.39 is 0 Å². The Balaban J connectivity index is 1.46. The van der Waals surface area contributed by atoms with Crippen molar-refractivity contribution >= 4 is 22.8 Å². The lowest BCUT2D eigenvalue weighted by atomic mass is 10.1. The number of hydrogen-bond donors (Lipinski definition) is 1. The van der Waals surface area contributed by atoms with Gasteiger partial charge in [0.2, 0.25) is 0 Å². The number of hydrogen-bond acceptors (Lipinski definition) is 5. The highest BCUT2D eigenvalue weighted by Gasteiger charge is 2.24. The Hall–Kier alpha value is -2.96. The Bertz CT molecular complexity index is 972. The molecule has 0 unspecified atom stereocenters. The number of imidazole rings is 1. The van der Waals surface area contributed by atoms with Gasteiger partial charge >= 0.3 is 0 Å². The number of fused-ring (bicyclic) bond motifs is 1. The summed E-state index contributed by atoms with van der Waals surface area (Å²) in [5.41, 5.74) is 3.43. The topological polar surface area (TPSA) is 78.0 Å². The molecule has 7 heteroatoms. The molecule has 0 spiro atoms. The Morgan fingerprint density at radius 3 is 2.63 bits per heavy atom. The van der Waals surface area contributed by atoms with Gasteiger partial charge in [0.05, 0.1) is 17.4 Å². The van der Waals surface area contributed by atoms with Gasteiger partial charge in [0, 0.05) is 49.4 Å². The lowest BCUT2D eigenvalue weighted by molar-refractivity contribution is 0.0746. The minimum absolute atomic E-state index is 0.0629. The number of aromatic nitrogens is 4. The molecule has 0 radical (unpaired) electrons. The molecule has 27 heavy (non-hydrogen) atoms. The van der Waals surface area contributed by atoms with Crippen LogP contribution in [0.4, 0.5) is 5.82 Å². The second-order valence-corrected chi connectivity index (χ2v) is 7.29. The zero-order valence-corrected chi connectivity index (χ0v) is 15.9. The van der Waals surface area contributed by atoms with Gasteiger partial charge in [-0.1, -0.05) is 13.8 Å². The Kier molecular flexibility index (Phi) is 4.51. The molecule has 4 rings (SSSR count). The van der Waals surface area contributed by atoms with Crippen LogP contribution >= 0.6 is 0 Å². The van der Waals surface area contributed by atoms with Gasteiger partial charge in [0.1, 0.15) is 11.6 Å². The molecular formula is C20H24N6O. The molecule has 1 saturated heterocycles. The van der Waals surface area contributed by atoms with Gasteiger partial charge < -0.3 is 14.8 Å². The first-order chi connectivity index (χ1) is 13.0. The van der Waals surface area contributed by atoms with E-state index >= 15 is 0 Å². The lowest BCUT2D eigenvalue weighted by Crippen LogP contribution is -2.49. The largest absolute Gasteiger partial charge is 0.353 e. The molecule has 1 N–H and O–H groups in total. The van der Waals surface area contributed by atoms with E-state index in [1.54, 1.807) is 6.33 Å². The number of nitrogens with one attached hydrogen (secondary N) is 1. The molecular weight excluding hydrogens is 340 g/mol. The van der Waals surface area contributed by atoms with Crippen molar-refractivity contribution in [2.24, 2.45) is 0 Å². The van der Waals surface area contributed by atoms with Crippen LogP contribution in [0, 0.1) is 6.92 Å². The highest BCUT2D eigenvalue weighted by Crippen LogP contribution is 2.20. The van der Waals surface area contributed by atoms with Crippen LogP contribution in [0.2, 0.25) is 0 Å². The first-order valence-electron chi connectivity index (χ1n) is 9.34. The second kappa shape index (κ2) is 6.98. The predicted octanol–water partition coefficient (Wildman–Crippen LogP) is 2.75. The standard InChI is InChI=1S/C20H24N6O/c1-13(2)19-23-14(3)10-18(24-19)25-6-8-26(9-7-25)20(27)15-4-5-16-17(11-15)22-12-21-16/h4-5,10-13H,6-9H2,1-3H3,(H,21,22). The van der Waals surface area contributed by atoms with Crippen LogP contribution in [0.5, 0.6) is 0 Å². The monoisotopic (exact) mass is 364 g/mol. The maximum absolute atomic E-state index is 12.9. The normalized spacial score (nSPS) is 15.0. The second-order valence-electron chi connectivity index (χ2n) is 7.29. The number of carbonyl (C=O) groups is 1. The van der Waals surface area contributed by atoms with Crippen molar-refractivity contribution in [3.05, 3.63) is 47.7 Å². The molecule has 0 aliphatic carbocycles. The summed E-state index contributed by atoms with van der Waals surface area (Å²) < 4.78 is 0. The highest BCUT2D eigenvalue weighted by atomic mass is 16.2. The number of benzene rings is 1. The fourth-order valence-electron chi connectivity index (χ4n) is 3.38. The zero-order chi connectivity index (χ0) is 19.0. The van der Waals surface area contributed by atoms with Gasteiger partial charge in [-0.15, -0.1) is 0 Å². The zero-order valence-electron chi connectivity index (χ0n) is 15.9. The summed E-state index contributed by atoms with van der Waals surface area (Å²) in [5, 5.41) is 0. The fraction of sp³-hybridized carbons (Fsp3) is 0.400. The van der Waals surface area contributed by atoms with E-state index in [1.165, 1.54) is 0 Å². The van der Waals surface area contributed by atoms with Crippen LogP contribution < -0.4 is 4.90 Å². The van der Waals surface area contributed by atoms with Crippen LogP contribution in [0.25, 0.3) is 11.0 Å². The van der Waals surface area contributed by atoms with E-state index in [0.717, 1.165) is 41.5 Å². The van der Waals surface area contributed by atoms with E-state index in [2.05, 4.69) is 33.7 Å². The molecule has 2 aromatic heterocycles. The van der Waals surface area contributed by atoms with E-state index in [0.29, 0.717) is 24.6 Å². The Morgan fingerprint density at radius 2 is 1.89 bits per heavy atom. The van der Waals surface area contributed by atoms with Gasteiger partial charge in [-0.2, -0.15) is 0 Å².